The SMILES string of the molecule is Cc1cccc(Cc2nc(-c3ccc(-c4ccc(N(C)C)nc4)cc3)cs2)n1. The molecular weight excluding hydrogens is 364 g/mol. The summed E-state index contributed by atoms with van der Waals surface area (Å²) in [6, 6.07) is 18.8. The van der Waals surface area contributed by atoms with Crippen LogP contribution in [0.1, 0.15) is 16.4 Å². The molecule has 0 aliphatic carbocycles. The smallest absolute Gasteiger partial charge is 0.127 e. The van der Waals surface area contributed by atoms with Crippen molar-refractivity contribution in [2.24, 2.45) is 0 Å². The third-order valence-corrected chi connectivity index (χ3v) is 5.40. The zero-order chi connectivity index (χ0) is 19.5. The van der Waals surface area contributed by atoms with Gasteiger partial charge in [-0.25, -0.2) is 9.97 Å². The maximum Gasteiger partial charge on any atom is 0.127 e. The number of hydrogen-bond acceptors (Lipinski definition) is 5. The Morgan fingerprint density at radius 1 is 0.857 bits per heavy atom. The molecule has 0 saturated carbocycles. The minimum Gasteiger partial charge on any atom is -0.363 e. The van der Waals surface area contributed by atoms with E-state index in [1.54, 1.807) is 11.3 Å². The van der Waals surface area contributed by atoms with Crippen LogP contribution >= 0.6 is 11.3 Å². The fraction of sp³-hybridized carbons (Fsp3) is 0.174. The minimum absolute atomic E-state index is 0.772. The van der Waals surface area contributed by atoms with Gasteiger partial charge >= 0.3 is 0 Å². The lowest BCUT2D eigenvalue weighted by Gasteiger charge is -2.11. The number of rotatable bonds is 5. The van der Waals surface area contributed by atoms with E-state index in [9.17, 15) is 0 Å². The molecule has 140 valence electrons. The van der Waals surface area contributed by atoms with Crippen LogP contribution in [0, 0.1) is 6.92 Å². The third kappa shape index (κ3) is 4.10. The van der Waals surface area contributed by atoms with Crippen LogP contribution in [-0.4, -0.2) is 29.0 Å². The lowest BCUT2D eigenvalue weighted by atomic mass is 10.0. The highest BCUT2D eigenvalue weighted by Crippen LogP contribution is 2.27. The van der Waals surface area contributed by atoms with Gasteiger partial charge in [0, 0.05) is 54.6 Å². The highest BCUT2D eigenvalue weighted by atomic mass is 32.1. The first-order chi connectivity index (χ1) is 13.6. The summed E-state index contributed by atoms with van der Waals surface area (Å²) in [5.41, 5.74) is 6.51. The summed E-state index contributed by atoms with van der Waals surface area (Å²) in [5.74, 6) is 0.957. The van der Waals surface area contributed by atoms with Crippen molar-refractivity contribution < 1.29 is 0 Å². The topological polar surface area (TPSA) is 41.9 Å². The standard InChI is InChI=1S/C23H22N4S/c1-16-5-4-6-20(25-16)13-23-26-21(15-28-23)18-9-7-17(8-10-18)19-11-12-22(24-14-19)27(2)3/h4-12,14-15H,13H2,1-3H3. The highest BCUT2D eigenvalue weighted by Gasteiger charge is 2.07. The molecule has 0 amide bonds. The number of aromatic nitrogens is 3. The van der Waals surface area contributed by atoms with Gasteiger partial charge in [0.1, 0.15) is 5.82 Å². The van der Waals surface area contributed by atoms with Gasteiger partial charge < -0.3 is 4.90 Å². The van der Waals surface area contributed by atoms with E-state index in [1.807, 2.05) is 50.3 Å². The van der Waals surface area contributed by atoms with Gasteiger partial charge in [-0.15, -0.1) is 11.3 Å². The molecular formula is C23H22N4S. The molecule has 0 unspecified atom stereocenters. The van der Waals surface area contributed by atoms with Gasteiger partial charge in [-0.3, -0.25) is 4.98 Å². The Bertz CT molecular complexity index is 1070. The Morgan fingerprint density at radius 3 is 2.29 bits per heavy atom. The minimum atomic E-state index is 0.772. The number of hydrogen-bond donors (Lipinski definition) is 0. The third-order valence-electron chi connectivity index (χ3n) is 4.55. The van der Waals surface area contributed by atoms with Gasteiger partial charge in [0.05, 0.1) is 10.7 Å². The number of aryl methyl sites for hydroxylation is 1. The van der Waals surface area contributed by atoms with Crippen molar-refractivity contribution in [2.45, 2.75) is 13.3 Å². The van der Waals surface area contributed by atoms with E-state index in [0.717, 1.165) is 51.0 Å². The lowest BCUT2D eigenvalue weighted by molar-refractivity contribution is 1.02. The van der Waals surface area contributed by atoms with Crippen molar-refractivity contribution in [3.05, 3.63) is 82.6 Å². The average Bonchev–Trinajstić information content (AvgIpc) is 3.17. The van der Waals surface area contributed by atoms with Crippen molar-refractivity contribution >= 4 is 17.2 Å². The number of nitrogens with zero attached hydrogens (tertiary/aromatic N) is 4. The second-order valence-corrected chi connectivity index (χ2v) is 7.89. The van der Waals surface area contributed by atoms with E-state index in [-0.39, 0.29) is 0 Å². The number of anilines is 1. The highest BCUT2D eigenvalue weighted by molar-refractivity contribution is 7.10. The second kappa shape index (κ2) is 7.90. The molecule has 0 atom stereocenters. The molecule has 0 saturated heterocycles. The molecule has 0 radical (unpaired) electrons. The zero-order valence-corrected chi connectivity index (χ0v) is 17.1. The monoisotopic (exact) mass is 386 g/mol. The van der Waals surface area contributed by atoms with Crippen LogP contribution in [0.3, 0.4) is 0 Å². The number of benzene rings is 1. The maximum atomic E-state index is 4.80. The van der Waals surface area contributed by atoms with Crippen molar-refractivity contribution in [3.63, 3.8) is 0 Å². The van der Waals surface area contributed by atoms with Crippen LogP contribution < -0.4 is 4.90 Å². The molecule has 4 nitrogen and oxygen atoms in total. The summed E-state index contributed by atoms with van der Waals surface area (Å²) in [6.45, 7) is 2.02. The summed E-state index contributed by atoms with van der Waals surface area (Å²) in [4.78, 5) is 15.9. The molecule has 1 aromatic carbocycles. The summed E-state index contributed by atoms with van der Waals surface area (Å²) in [7, 11) is 3.99. The molecule has 3 heterocycles. The first kappa shape index (κ1) is 18.3. The Kier molecular flexibility index (Phi) is 5.17. The molecule has 4 aromatic rings. The Balaban J connectivity index is 1.50. The van der Waals surface area contributed by atoms with E-state index in [1.165, 1.54) is 0 Å². The van der Waals surface area contributed by atoms with Crippen LogP contribution in [0.5, 0.6) is 0 Å². The van der Waals surface area contributed by atoms with Gasteiger partial charge in [0.15, 0.2) is 0 Å². The van der Waals surface area contributed by atoms with Crippen molar-refractivity contribution in [3.8, 4) is 22.4 Å². The Labute approximate surface area is 169 Å². The van der Waals surface area contributed by atoms with Crippen molar-refractivity contribution in [1.29, 1.82) is 0 Å². The predicted molar refractivity (Wildman–Crippen MR) is 117 cm³/mol. The zero-order valence-electron chi connectivity index (χ0n) is 16.3. The van der Waals surface area contributed by atoms with E-state index in [0.29, 0.717) is 0 Å². The first-order valence-corrected chi connectivity index (χ1v) is 10.1. The Morgan fingerprint density at radius 2 is 1.61 bits per heavy atom. The number of thiazole rings is 1. The Hall–Kier alpha value is -3.05. The molecule has 0 bridgehead atoms. The van der Waals surface area contributed by atoms with Gasteiger partial charge in [-0.1, -0.05) is 30.3 Å². The molecule has 5 heteroatoms. The van der Waals surface area contributed by atoms with E-state index in [2.05, 4.69) is 51.7 Å². The molecule has 28 heavy (non-hydrogen) atoms. The molecule has 0 fully saturated rings. The summed E-state index contributed by atoms with van der Waals surface area (Å²) in [5, 5.41) is 3.20. The molecule has 0 aliphatic rings. The van der Waals surface area contributed by atoms with Crippen LogP contribution in [0.25, 0.3) is 22.4 Å². The van der Waals surface area contributed by atoms with Crippen LogP contribution in [0.4, 0.5) is 5.82 Å². The lowest BCUT2D eigenvalue weighted by Crippen LogP contribution is -2.09. The first-order valence-electron chi connectivity index (χ1n) is 9.19. The quantitative estimate of drug-likeness (QED) is 0.471. The van der Waals surface area contributed by atoms with Crippen LogP contribution in [-0.2, 0) is 6.42 Å². The van der Waals surface area contributed by atoms with Crippen molar-refractivity contribution in [2.75, 3.05) is 19.0 Å². The fourth-order valence-corrected chi connectivity index (χ4v) is 3.85. The van der Waals surface area contributed by atoms with Gasteiger partial charge in [-0.05, 0) is 36.8 Å². The van der Waals surface area contributed by atoms with Crippen LogP contribution in [0.15, 0.2) is 66.2 Å². The van der Waals surface area contributed by atoms with E-state index >= 15 is 0 Å². The van der Waals surface area contributed by atoms with Crippen LogP contribution in [0.2, 0.25) is 0 Å². The molecule has 0 spiro atoms. The summed E-state index contributed by atoms with van der Waals surface area (Å²) < 4.78 is 0. The van der Waals surface area contributed by atoms with Gasteiger partial charge in [-0.2, -0.15) is 0 Å². The second-order valence-electron chi connectivity index (χ2n) is 6.95. The van der Waals surface area contributed by atoms with Gasteiger partial charge in [0.25, 0.3) is 0 Å². The summed E-state index contributed by atoms with van der Waals surface area (Å²) in [6.07, 6.45) is 2.69. The molecule has 4 rings (SSSR count). The number of pyridine rings is 2. The predicted octanol–water partition coefficient (Wildman–Crippen LogP) is 5.23. The van der Waals surface area contributed by atoms with E-state index in [4.69, 9.17) is 4.98 Å². The fourth-order valence-electron chi connectivity index (χ4n) is 3.03. The van der Waals surface area contributed by atoms with Gasteiger partial charge in [0.2, 0.25) is 0 Å². The maximum absolute atomic E-state index is 4.80. The molecule has 3 aromatic heterocycles. The normalized spacial score (nSPS) is 10.8. The molecule has 0 N–H and O–H groups in total. The summed E-state index contributed by atoms with van der Waals surface area (Å²) >= 11 is 1.68. The van der Waals surface area contributed by atoms with Crippen molar-refractivity contribution in [1.82, 2.24) is 15.0 Å². The largest absolute Gasteiger partial charge is 0.363 e. The molecule has 0 aliphatic heterocycles. The average molecular weight is 387 g/mol. The van der Waals surface area contributed by atoms with E-state index < -0.39 is 0 Å².